The molecule has 0 aliphatic carbocycles. The number of benzene rings is 2. The number of nitrogens with one attached hydrogen (secondary N) is 1. The molecular formula is C20H20N4O4. The minimum atomic E-state index is -0.529. The molecule has 8 nitrogen and oxygen atoms in total. The van der Waals surface area contributed by atoms with Crippen LogP contribution in [0.3, 0.4) is 0 Å². The molecular weight excluding hydrogens is 360 g/mol. The van der Waals surface area contributed by atoms with Gasteiger partial charge in [-0.25, -0.2) is 4.68 Å². The molecule has 0 radical (unpaired) electrons. The number of aryl methyl sites for hydroxylation is 2. The quantitative estimate of drug-likeness (QED) is 0.519. The Bertz CT molecular complexity index is 1030. The van der Waals surface area contributed by atoms with E-state index >= 15 is 0 Å². The molecule has 1 heterocycles. The predicted octanol–water partition coefficient (Wildman–Crippen LogP) is 3.72. The molecule has 0 aliphatic rings. The van der Waals surface area contributed by atoms with E-state index in [0.717, 1.165) is 16.9 Å². The summed E-state index contributed by atoms with van der Waals surface area (Å²) in [5, 5.41) is 18.4. The minimum absolute atomic E-state index is 0.0548. The number of nitro groups is 1. The number of nitro benzene ring substituents is 1. The van der Waals surface area contributed by atoms with E-state index in [2.05, 4.69) is 10.4 Å². The van der Waals surface area contributed by atoms with Crippen molar-refractivity contribution in [2.75, 3.05) is 11.9 Å². The van der Waals surface area contributed by atoms with Crippen molar-refractivity contribution < 1.29 is 14.5 Å². The fourth-order valence-electron chi connectivity index (χ4n) is 2.86. The molecule has 144 valence electrons. The Hall–Kier alpha value is -3.68. The Kier molecular flexibility index (Phi) is 5.39. The molecule has 0 fully saturated rings. The lowest BCUT2D eigenvalue weighted by molar-refractivity contribution is -0.385. The zero-order valence-electron chi connectivity index (χ0n) is 15.8. The van der Waals surface area contributed by atoms with Crippen LogP contribution in [0.1, 0.15) is 17.0 Å². The standard InChI is InChI=1S/C20H20N4O4/c1-13-9-10-18(17(11-13)24(26)27)28-12-19(25)21-20-14(2)22-23(15(20)3)16-7-5-4-6-8-16/h4-11H,12H2,1-3H3,(H,21,25). The summed E-state index contributed by atoms with van der Waals surface area (Å²) in [6.07, 6.45) is 0. The number of aromatic nitrogens is 2. The van der Waals surface area contributed by atoms with Crippen molar-refractivity contribution in [3.8, 4) is 11.4 Å². The lowest BCUT2D eigenvalue weighted by atomic mass is 10.2. The van der Waals surface area contributed by atoms with Gasteiger partial charge in [0.2, 0.25) is 0 Å². The summed E-state index contributed by atoms with van der Waals surface area (Å²) < 4.78 is 7.12. The number of anilines is 1. The van der Waals surface area contributed by atoms with Gasteiger partial charge < -0.3 is 10.1 Å². The molecule has 0 saturated carbocycles. The van der Waals surface area contributed by atoms with Gasteiger partial charge in [-0.15, -0.1) is 0 Å². The highest BCUT2D eigenvalue weighted by atomic mass is 16.6. The fraction of sp³-hybridized carbons (Fsp3) is 0.200. The van der Waals surface area contributed by atoms with E-state index in [9.17, 15) is 14.9 Å². The summed E-state index contributed by atoms with van der Waals surface area (Å²) in [5.74, 6) is -0.368. The van der Waals surface area contributed by atoms with Gasteiger partial charge in [0.1, 0.15) is 0 Å². The number of carbonyl (C=O) groups is 1. The van der Waals surface area contributed by atoms with Crippen molar-refractivity contribution in [1.82, 2.24) is 9.78 Å². The lowest BCUT2D eigenvalue weighted by Crippen LogP contribution is -2.21. The van der Waals surface area contributed by atoms with Crippen LogP contribution in [0.15, 0.2) is 48.5 Å². The second kappa shape index (κ2) is 7.91. The Morgan fingerprint density at radius 3 is 2.57 bits per heavy atom. The zero-order valence-corrected chi connectivity index (χ0v) is 15.8. The Labute approximate surface area is 161 Å². The summed E-state index contributed by atoms with van der Waals surface area (Å²) in [6.45, 7) is 5.06. The zero-order chi connectivity index (χ0) is 20.3. The number of carbonyl (C=O) groups excluding carboxylic acids is 1. The molecule has 0 spiro atoms. The maximum atomic E-state index is 12.3. The maximum Gasteiger partial charge on any atom is 0.311 e. The molecule has 0 atom stereocenters. The van der Waals surface area contributed by atoms with E-state index < -0.39 is 10.8 Å². The average Bonchev–Trinajstić information content (AvgIpc) is 2.95. The smallest absolute Gasteiger partial charge is 0.311 e. The third-order valence-corrected chi connectivity index (χ3v) is 4.23. The van der Waals surface area contributed by atoms with Crippen LogP contribution in [0.25, 0.3) is 5.69 Å². The first kappa shape index (κ1) is 19.1. The largest absolute Gasteiger partial charge is 0.477 e. The Morgan fingerprint density at radius 2 is 1.89 bits per heavy atom. The van der Waals surface area contributed by atoms with E-state index in [1.807, 2.05) is 37.3 Å². The van der Waals surface area contributed by atoms with Crippen molar-refractivity contribution in [1.29, 1.82) is 0 Å². The van der Waals surface area contributed by atoms with Gasteiger partial charge in [0.25, 0.3) is 5.91 Å². The topological polar surface area (TPSA) is 99.3 Å². The van der Waals surface area contributed by atoms with Crippen molar-refractivity contribution in [3.63, 3.8) is 0 Å². The van der Waals surface area contributed by atoms with Gasteiger partial charge in [0.05, 0.1) is 27.7 Å². The van der Waals surface area contributed by atoms with Crippen LogP contribution in [0.5, 0.6) is 5.75 Å². The second-order valence-corrected chi connectivity index (χ2v) is 6.36. The van der Waals surface area contributed by atoms with Crippen LogP contribution >= 0.6 is 0 Å². The number of hydrogen-bond acceptors (Lipinski definition) is 5. The highest BCUT2D eigenvalue weighted by Gasteiger charge is 2.18. The second-order valence-electron chi connectivity index (χ2n) is 6.36. The summed E-state index contributed by atoms with van der Waals surface area (Å²) in [5.41, 5.74) is 3.49. The number of hydrogen-bond donors (Lipinski definition) is 1. The van der Waals surface area contributed by atoms with Crippen LogP contribution in [0.4, 0.5) is 11.4 Å². The van der Waals surface area contributed by atoms with Crippen LogP contribution in [0.2, 0.25) is 0 Å². The molecule has 2 aromatic carbocycles. The van der Waals surface area contributed by atoms with E-state index in [1.54, 1.807) is 24.6 Å². The highest BCUT2D eigenvalue weighted by Crippen LogP contribution is 2.28. The Morgan fingerprint density at radius 1 is 1.18 bits per heavy atom. The molecule has 28 heavy (non-hydrogen) atoms. The molecule has 1 aromatic heterocycles. The summed E-state index contributed by atoms with van der Waals surface area (Å²) in [4.78, 5) is 23.0. The van der Waals surface area contributed by atoms with Gasteiger partial charge >= 0.3 is 5.69 Å². The van der Waals surface area contributed by atoms with Crippen LogP contribution < -0.4 is 10.1 Å². The first-order chi connectivity index (χ1) is 13.4. The monoisotopic (exact) mass is 380 g/mol. The van der Waals surface area contributed by atoms with Crippen molar-refractivity contribution >= 4 is 17.3 Å². The molecule has 0 saturated heterocycles. The summed E-state index contributed by atoms with van der Waals surface area (Å²) >= 11 is 0. The number of amides is 1. The fourth-order valence-corrected chi connectivity index (χ4v) is 2.86. The number of nitrogens with zero attached hydrogens (tertiary/aromatic N) is 3. The van der Waals surface area contributed by atoms with Gasteiger partial charge in [0.15, 0.2) is 12.4 Å². The van der Waals surface area contributed by atoms with E-state index in [0.29, 0.717) is 11.4 Å². The molecule has 0 bridgehead atoms. The van der Waals surface area contributed by atoms with Gasteiger partial charge in [-0.1, -0.05) is 24.3 Å². The first-order valence-electron chi connectivity index (χ1n) is 8.66. The highest BCUT2D eigenvalue weighted by molar-refractivity contribution is 5.93. The maximum absolute atomic E-state index is 12.3. The molecule has 3 aromatic rings. The van der Waals surface area contributed by atoms with Crippen molar-refractivity contribution in [3.05, 3.63) is 75.6 Å². The van der Waals surface area contributed by atoms with E-state index in [-0.39, 0.29) is 18.0 Å². The molecule has 0 unspecified atom stereocenters. The number of ether oxygens (including phenoxy) is 1. The number of rotatable bonds is 6. The molecule has 1 N–H and O–H groups in total. The first-order valence-corrected chi connectivity index (χ1v) is 8.66. The third kappa shape index (κ3) is 4.01. The molecule has 8 heteroatoms. The SMILES string of the molecule is Cc1ccc(OCC(=O)Nc2c(C)nn(-c3ccccc3)c2C)c([N+](=O)[O-])c1. The lowest BCUT2D eigenvalue weighted by Gasteiger charge is -2.09. The van der Waals surface area contributed by atoms with Crippen LogP contribution in [0, 0.1) is 30.9 Å². The van der Waals surface area contributed by atoms with Crippen molar-refractivity contribution in [2.45, 2.75) is 20.8 Å². The van der Waals surface area contributed by atoms with Crippen LogP contribution in [-0.4, -0.2) is 27.2 Å². The van der Waals surface area contributed by atoms with Gasteiger partial charge in [-0.2, -0.15) is 5.10 Å². The van der Waals surface area contributed by atoms with Gasteiger partial charge in [-0.05, 0) is 44.5 Å². The summed E-state index contributed by atoms with van der Waals surface area (Å²) in [6, 6.07) is 14.2. The van der Waals surface area contributed by atoms with Crippen LogP contribution in [-0.2, 0) is 4.79 Å². The molecule has 1 amide bonds. The normalized spacial score (nSPS) is 10.5. The van der Waals surface area contributed by atoms with E-state index in [1.165, 1.54) is 12.1 Å². The summed E-state index contributed by atoms with van der Waals surface area (Å²) in [7, 11) is 0. The Balaban J connectivity index is 1.73. The van der Waals surface area contributed by atoms with Gasteiger partial charge in [0, 0.05) is 6.07 Å². The predicted molar refractivity (Wildman–Crippen MR) is 105 cm³/mol. The molecule has 3 rings (SSSR count). The average molecular weight is 380 g/mol. The molecule has 0 aliphatic heterocycles. The third-order valence-electron chi connectivity index (χ3n) is 4.23. The minimum Gasteiger partial charge on any atom is -0.477 e. The number of para-hydroxylation sites is 1. The van der Waals surface area contributed by atoms with E-state index in [4.69, 9.17) is 4.74 Å². The van der Waals surface area contributed by atoms with Gasteiger partial charge in [-0.3, -0.25) is 14.9 Å². The van der Waals surface area contributed by atoms with Crippen molar-refractivity contribution in [2.24, 2.45) is 0 Å².